The van der Waals surface area contributed by atoms with E-state index in [1.165, 1.54) is 19.2 Å². The number of ether oxygens (including phenoxy) is 1. The van der Waals surface area contributed by atoms with Gasteiger partial charge in [0.15, 0.2) is 11.6 Å². The number of aliphatic carboxylic acids is 1. The highest BCUT2D eigenvalue weighted by molar-refractivity contribution is 5.93. The minimum atomic E-state index is -1.45. The number of carbonyl (C=O) groups is 3. The molecule has 5 N–H and O–H groups in total. The Bertz CT molecular complexity index is 564. The average molecular weight is 299 g/mol. The van der Waals surface area contributed by atoms with Gasteiger partial charge in [0.25, 0.3) is 0 Å². The van der Waals surface area contributed by atoms with Gasteiger partial charge in [-0.2, -0.15) is 0 Å². The van der Waals surface area contributed by atoms with E-state index in [0.29, 0.717) is 0 Å². The van der Waals surface area contributed by atoms with Crippen molar-refractivity contribution in [2.45, 2.75) is 12.5 Å². The zero-order valence-corrected chi connectivity index (χ0v) is 11.1. The molecule has 0 aliphatic rings. The summed E-state index contributed by atoms with van der Waals surface area (Å²) in [6.45, 7) is 0. The third-order valence-corrected chi connectivity index (χ3v) is 2.42. The first-order valence-electron chi connectivity index (χ1n) is 5.75. The number of carbonyl (C=O) groups excluding carboxylic acids is 2. The SMILES string of the molecule is COc1cc(NC(=O)NC(CC(N)=O)C(=O)O)ccc1F. The summed E-state index contributed by atoms with van der Waals surface area (Å²) in [4.78, 5) is 33.2. The molecule has 21 heavy (non-hydrogen) atoms. The Morgan fingerprint density at radius 2 is 2.10 bits per heavy atom. The molecule has 0 aliphatic carbocycles. The van der Waals surface area contributed by atoms with E-state index >= 15 is 0 Å². The lowest BCUT2D eigenvalue weighted by Crippen LogP contribution is -2.45. The predicted molar refractivity (Wildman–Crippen MR) is 70.3 cm³/mol. The van der Waals surface area contributed by atoms with Crippen LogP contribution in [0.2, 0.25) is 0 Å². The molecule has 1 unspecified atom stereocenters. The fraction of sp³-hybridized carbons (Fsp3) is 0.250. The molecule has 1 aromatic carbocycles. The van der Waals surface area contributed by atoms with Gasteiger partial charge in [-0.25, -0.2) is 14.0 Å². The molecule has 0 aromatic heterocycles. The molecule has 1 rings (SSSR count). The van der Waals surface area contributed by atoms with Crippen molar-refractivity contribution in [1.82, 2.24) is 5.32 Å². The number of hydrogen-bond acceptors (Lipinski definition) is 4. The minimum Gasteiger partial charge on any atom is -0.494 e. The van der Waals surface area contributed by atoms with Crippen molar-refractivity contribution in [1.29, 1.82) is 0 Å². The van der Waals surface area contributed by atoms with E-state index in [4.69, 9.17) is 15.6 Å². The number of carboxylic acids is 1. The number of hydrogen-bond donors (Lipinski definition) is 4. The number of halogens is 1. The van der Waals surface area contributed by atoms with E-state index < -0.39 is 36.2 Å². The highest BCUT2D eigenvalue weighted by Crippen LogP contribution is 2.21. The molecule has 0 saturated carbocycles. The fourth-order valence-electron chi connectivity index (χ4n) is 1.46. The van der Waals surface area contributed by atoms with Gasteiger partial charge in [-0.05, 0) is 12.1 Å². The van der Waals surface area contributed by atoms with Crippen LogP contribution in [0.1, 0.15) is 6.42 Å². The summed E-state index contributed by atoms with van der Waals surface area (Å²) in [6, 6.07) is 1.23. The normalized spacial score (nSPS) is 11.3. The summed E-state index contributed by atoms with van der Waals surface area (Å²) >= 11 is 0. The largest absolute Gasteiger partial charge is 0.494 e. The Morgan fingerprint density at radius 3 is 2.62 bits per heavy atom. The van der Waals surface area contributed by atoms with Crippen molar-refractivity contribution in [3.63, 3.8) is 0 Å². The molecule has 8 nitrogen and oxygen atoms in total. The maximum Gasteiger partial charge on any atom is 0.326 e. The van der Waals surface area contributed by atoms with Crippen LogP contribution in [0.15, 0.2) is 18.2 Å². The summed E-state index contributed by atoms with van der Waals surface area (Å²) in [7, 11) is 1.26. The molecule has 114 valence electrons. The van der Waals surface area contributed by atoms with E-state index in [0.717, 1.165) is 6.07 Å². The zero-order chi connectivity index (χ0) is 16.0. The van der Waals surface area contributed by atoms with Crippen LogP contribution in [0.5, 0.6) is 5.75 Å². The van der Waals surface area contributed by atoms with Crippen molar-refractivity contribution in [3.8, 4) is 5.75 Å². The number of urea groups is 1. The standard InChI is InChI=1S/C12H14FN3O5/c1-21-9-4-6(2-3-7(9)13)15-12(20)16-8(11(18)19)5-10(14)17/h2-4,8H,5H2,1H3,(H2,14,17)(H,18,19)(H2,15,16,20). The van der Waals surface area contributed by atoms with Crippen molar-refractivity contribution < 1.29 is 28.6 Å². The summed E-state index contributed by atoms with van der Waals surface area (Å²) in [5, 5.41) is 13.2. The zero-order valence-electron chi connectivity index (χ0n) is 11.1. The van der Waals surface area contributed by atoms with E-state index in [-0.39, 0.29) is 11.4 Å². The van der Waals surface area contributed by atoms with Gasteiger partial charge in [0.05, 0.1) is 13.5 Å². The van der Waals surface area contributed by atoms with E-state index in [1.807, 2.05) is 0 Å². The van der Waals surface area contributed by atoms with Gasteiger partial charge in [0.2, 0.25) is 5.91 Å². The molecule has 0 fully saturated rings. The monoisotopic (exact) mass is 299 g/mol. The molecule has 0 saturated heterocycles. The Morgan fingerprint density at radius 1 is 1.43 bits per heavy atom. The van der Waals surface area contributed by atoms with Crippen molar-refractivity contribution >= 4 is 23.6 Å². The Kier molecular flexibility index (Phi) is 5.47. The molecule has 1 atom stereocenters. The number of methoxy groups -OCH3 is 1. The van der Waals surface area contributed by atoms with Crippen LogP contribution in [-0.2, 0) is 9.59 Å². The lowest BCUT2D eigenvalue weighted by molar-refractivity contribution is -0.140. The van der Waals surface area contributed by atoms with Crippen LogP contribution in [-0.4, -0.2) is 36.2 Å². The highest BCUT2D eigenvalue weighted by atomic mass is 19.1. The highest BCUT2D eigenvalue weighted by Gasteiger charge is 2.22. The molecule has 0 radical (unpaired) electrons. The van der Waals surface area contributed by atoms with Gasteiger partial charge >= 0.3 is 12.0 Å². The van der Waals surface area contributed by atoms with E-state index in [2.05, 4.69) is 10.6 Å². The summed E-state index contributed by atoms with van der Waals surface area (Å²) in [5.74, 6) is -2.97. The van der Waals surface area contributed by atoms with E-state index in [1.54, 1.807) is 0 Å². The van der Waals surface area contributed by atoms with Crippen molar-refractivity contribution in [2.24, 2.45) is 5.73 Å². The molecule has 0 aliphatic heterocycles. The topological polar surface area (TPSA) is 131 Å². The summed E-state index contributed by atoms with van der Waals surface area (Å²) < 4.78 is 17.9. The average Bonchev–Trinajstić information content (AvgIpc) is 2.39. The second kappa shape index (κ2) is 7.08. The second-order valence-electron chi connectivity index (χ2n) is 4.01. The maximum absolute atomic E-state index is 13.2. The van der Waals surface area contributed by atoms with Gasteiger partial charge in [-0.3, -0.25) is 4.79 Å². The van der Waals surface area contributed by atoms with Crippen LogP contribution < -0.4 is 21.1 Å². The number of carboxylic acid groups (broad SMARTS) is 1. The first-order chi connectivity index (χ1) is 9.83. The Hall–Kier alpha value is -2.84. The Balaban J connectivity index is 2.72. The molecule has 0 spiro atoms. The van der Waals surface area contributed by atoms with Crippen LogP contribution >= 0.6 is 0 Å². The minimum absolute atomic E-state index is 0.0836. The number of primary amides is 1. The van der Waals surface area contributed by atoms with Gasteiger partial charge in [0, 0.05) is 11.8 Å². The van der Waals surface area contributed by atoms with Crippen LogP contribution in [0, 0.1) is 5.82 Å². The summed E-state index contributed by atoms with van der Waals surface area (Å²) in [6.07, 6.45) is -0.546. The summed E-state index contributed by atoms with van der Waals surface area (Å²) in [5.41, 5.74) is 5.07. The number of rotatable bonds is 6. The number of nitrogens with one attached hydrogen (secondary N) is 2. The van der Waals surface area contributed by atoms with Gasteiger partial charge < -0.3 is 26.2 Å². The molecular weight excluding hydrogens is 285 g/mol. The Labute approximate surface area is 119 Å². The molecule has 3 amide bonds. The molecule has 1 aromatic rings. The predicted octanol–water partition coefficient (Wildman–Crippen LogP) is 0.284. The molecule has 9 heteroatoms. The number of amides is 3. The number of benzene rings is 1. The van der Waals surface area contributed by atoms with Gasteiger partial charge in [-0.15, -0.1) is 0 Å². The van der Waals surface area contributed by atoms with Gasteiger partial charge in [0.1, 0.15) is 6.04 Å². The third kappa shape index (κ3) is 4.97. The van der Waals surface area contributed by atoms with Gasteiger partial charge in [-0.1, -0.05) is 0 Å². The number of nitrogens with two attached hydrogens (primary N) is 1. The van der Waals surface area contributed by atoms with E-state index in [9.17, 15) is 18.8 Å². The third-order valence-electron chi connectivity index (χ3n) is 2.42. The van der Waals surface area contributed by atoms with Crippen molar-refractivity contribution in [3.05, 3.63) is 24.0 Å². The lowest BCUT2D eigenvalue weighted by Gasteiger charge is -2.14. The van der Waals surface area contributed by atoms with Crippen LogP contribution in [0.25, 0.3) is 0 Å². The van der Waals surface area contributed by atoms with Crippen LogP contribution in [0.4, 0.5) is 14.9 Å². The fourth-order valence-corrected chi connectivity index (χ4v) is 1.46. The maximum atomic E-state index is 13.2. The number of anilines is 1. The molecule has 0 bridgehead atoms. The van der Waals surface area contributed by atoms with Crippen LogP contribution in [0.3, 0.4) is 0 Å². The smallest absolute Gasteiger partial charge is 0.326 e. The lowest BCUT2D eigenvalue weighted by atomic mass is 10.2. The van der Waals surface area contributed by atoms with Crippen molar-refractivity contribution in [2.75, 3.05) is 12.4 Å². The molecular formula is C12H14FN3O5. The first kappa shape index (κ1) is 16.2. The quantitative estimate of drug-likeness (QED) is 0.599. The second-order valence-corrected chi connectivity index (χ2v) is 4.01. The first-order valence-corrected chi connectivity index (χ1v) is 5.75. The molecule has 0 heterocycles.